The molecule has 0 spiro atoms. The molecule has 1 aromatic heterocycles. The van der Waals surface area contributed by atoms with E-state index in [4.69, 9.17) is 5.41 Å². The van der Waals surface area contributed by atoms with Gasteiger partial charge < -0.3 is 21.0 Å². The van der Waals surface area contributed by atoms with Gasteiger partial charge in [0, 0.05) is 36.5 Å². The summed E-state index contributed by atoms with van der Waals surface area (Å²) in [7, 11) is 0. The van der Waals surface area contributed by atoms with Crippen LogP contribution >= 0.6 is 0 Å². The molecule has 0 aliphatic heterocycles. The molecule has 1 aromatic carbocycles. The summed E-state index contributed by atoms with van der Waals surface area (Å²) in [5.41, 5.74) is 0.775. The number of benzene rings is 1. The van der Waals surface area contributed by atoms with Crippen LogP contribution in [0.4, 0.5) is 19.0 Å². The Morgan fingerprint density at radius 2 is 1.96 bits per heavy atom. The Bertz CT molecular complexity index is 843. The maximum absolute atomic E-state index is 12.7. The molecule has 2 aromatic rings. The van der Waals surface area contributed by atoms with Gasteiger partial charge in [0.2, 0.25) is 0 Å². The van der Waals surface area contributed by atoms with E-state index < -0.39 is 11.7 Å². The van der Waals surface area contributed by atoms with Crippen molar-refractivity contribution in [2.75, 3.05) is 11.9 Å². The highest BCUT2D eigenvalue weighted by atomic mass is 19.4. The van der Waals surface area contributed by atoms with Gasteiger partial charge in [-0.15, -0.1) is 0 Å². The summed E-state index contributed by atoms with van der Waals surface area (Å²) in [5, 5.41) is 13.8. The number of anilines is 1. The Kier molecular flexibility index (Phi) is 6.20. The molecule has 1 heterocycles. The molecule has 0 bridgehead atoms. The summed E-state index contributed by atoms with van der Waals surface area (Å²) < 4.78 is 38.2. The van der Waals surface area contributed by atoms with E-state index in [1.807, 2.05) is 6.92 Å². The highest BCUT2D eigenvalue weighted by Gasteiger charge is 2.30. The summed E-state index contributed by atoms with van der Waals surface area (Å²) in [4.78, 5) is 14.9. The third kappa shape index (κ3) is 4.95. The first kappa shape index (κ1) is 19.7. The summed E-state index contributed by atoms with van der Waals surface area (Å²) >= 11 is 0. The second kappa shape index (κ2) is 8.18. The lowest BCUT2D eigenvalue weighted by Gasteiger charge is -2.12. The van der Waals surface area contributed by atoms with Crippen LogP contribution in [0.1, 0.15) is 36.1 Å². The third-order valence-electron chi connectivity index (χ3n) is 3.77. The maximum Gasteiger partial charge on any atom is 0.416 e. The Morgan fingerprint density at radius 1 is 1.23 bits per heavy atom. The Morgan fingerprint density at radius 3 is 2.58 bits per heavy atom. The molecule has 26 heavy (non-hydrogen) atoms. The van der Waals surface area contributed by atoms with Crippen LogP contribution in [0.15, 0.2) is 35.1 Å². The fourth-order valence-electron chi connectivity index (χ4n) is 2.52. The first-order chi connectivity index (χ1) is 12.2. The molecule has 0 fully saturated rings. The summed E-state index contributed by atoms with van der Waals surface area (Å²) in [6, 6.07) is 6.67. The van der Waals surface area contributed by atoms with E-state index >= 15 is 0 Å². The standard InChI is InChI=1S/C18H21F3N4O/c1-3-24-16-15(11(2)22)8-13(17(26)25-16)10-23-9-12-5-4-6-14(7-12)18(19,20)21/h4-8,22-23H,3,9-10H2,1-2H3,(H2,24,25,26). The molecule has 0 amide bonds. The first-order valence-corrected chi connectivity index (χ1v) is 8.14. The number of hydrogen-bond donors (Lipinski definition) is 4. The van der Waals surface area contributed by atoms with Crippen molar-refractivity contribution < 1.29 is 13.2 Å². The second-order valence-electron chi connectivity index (χ2n) is 5.87. The van der Waals surface area contributed by atoms with Crippen LogP contribution in [-0.4, -0.2) is 17.2 Å². The van der Waals surface area contributed by atoms with Crippen LogP contribution in [-0.2, 0) is 19.3 Å². The number of nitrogens with one attached hydrogen (secondary N) is 4. The van der Waals surface area contributed by atoms with Gasteiger partial charge in [-0.3, -0.25) is 4.79 Å². The van der Waals surface area contributed by atoms with Crippen molar-refractivity contribution in [3.05, 3.63) is 62.9 Å². The van der Waals surface area contributed by atoms with Gasteiger partial charge in [-0.25, -0.2) is 0 Å². The smallest absolute Gasteiger partial charge is 0.371 e. The van der Waals surface area contributed by atoms with Crippen molar-refractivity contribution in [2.24, 2.45) is 0 Å². The monoisotopic (exact) mass is 366 g/mol. The van der Waals surface area contributed by atoms with E-state index in [0.717, 1.165) is 12.1 Å². The number of aromatic nitrogens is 1. The van der Waals surface area contributed by atoms with Gasteiger partial charge in [-0.05, 0) is 31.5 Å². The van der Waals surface area contributed by atoms with Gasteiger partial charge in [-0.1, -0.05) is 18.2 Å². The molecular formula is C18H21F3N4O. The van der Waals surface area contributed by atoms with Gasteiger partial charge in [-0.2, -0.15) is 13.2 Å². The van der Waals surface area contributed by atoms with Crippen LogP contribution < -0.4 is 16.2 Å². The van der Waals surface area contributed by atoms with Crippen LogP contribution in [0.2, 0.25) is 0 Å². The Labute approximate surface area is 149 Å². The van der Waals surface area contributed by atoms with E-state index in [-0.39, 0.29) is 18.6 Å². The molecule has 0 atom stereocenters. The summed E-state index contributed by atoms with van der Waals surface area (Å²) in [5.74, 6) is 0.492. The first-order valence-electron chi connectivity index (χ1n) is 8.14. The van der Waals surface area contributed by atoms with E-state index in [9.17, 15) is 18.0 Å². The van der Waals surface area contributed by atoms with Gasteiger partial charge >= 0.3 is 6.18 Å². The van der Waals surface area contributed by atoms with Crippen LogP contribution in [0.5, 0.6) is 0 Å². The third-order valence-corrected chi connectivity index (χ3v) is 3.77. The molecule has 8 heteroatoms. The van der Waals surface area contributed by atoms with Crippen molar-refractivity contribution in [3.8, 4) is 0 Å². The minimum absolute atomic E-state index is 0.179. The largest absolute Gasteiger partial charge is 0.416 e. The number of halogens is 3. The van der Waals surface area contributed by atoms with Crippen molar-refractivity contribution in [1.82, 2.24) is 10.3 Å². The van der Waals surface area contributed by atoms with Crippen LogP contribution in [0, 0.1) is 5.41 Å². The number of H-pyrrole nitrogens is 1. The normalized spacial score (nSPS) is 11.4. The van der Waals surface area contributed by atoms with Gasteiger partial charge in [0.05, 0.1) is 5.56 Å². The Balaban J connectivity index is 2.12. The molecule has 0 unspecified atom stereocenters. The average molecular weight is 366 g/mol. The minimum Gasteiger partial charge on any atom is -0.371 e. The van der Waals surface area contributed by atoms with E-state index in [1.165, 1.54) is 6.07 Å². The summed E-state index contributed by atoms with van der Waals surface area (Å²) in [6.07, 6.45) is -4.38. The predicted octanol–water partition coefficient (Wildman–Crippen LogP) is 3.50. The molecule has 0 radical (unpaired) electrons. The maximum atomic E-state index is 12.7. The highest BCUT2D eigenvalue weighted by Crippen LogP contribution is 2.29. The SMILES string of the molecule is CCNc1[nH]c(=O)c(CNCc2cccc(C(F)(F)F)c2)cc1C(C)=N. The minimum atomic E-state index is -4.38. The number of alkyl halides is 3. The lowest BCUT2D eigenvalue weighted by atomic mass is 10.1. The fourth-order valence-corrected chi connectivity index (χ4v) is 2.52. The van der Waals surface area contributed by atoms with E-state index in [1.54, 1.807) is 19.1 Å². The molecule has 2 rings (SSSR count). The van der Waals surface area contributed by atoms with Crippen molar-refractivity contribution in [1.29, 1.82) is 5.41 Å². The lowest BCUT2D eigenvalue weighted by Crippen LogP contribution is -2.23. The summed E-state index contributed by atoms with van der Waals surface area (Å²) in [6.45, 7) is 4.47. The fraction of sp³-hybridized carbons (Fsp3) is 0.333. The molecule has 0 saturated carbocycles. The highest BCUT2D eigenvalue weighted by molar-refractivity contribution is 6.00. The van der Waals surface area contributed by atoms with Crippen LogP contribution in [0.3, 0.4) is 0 Å². The average Bonchev–Trinajstić information content (AvgIpc) is 2.56. The zero-order chi connectivity index (χ0) is 19.3. The molecule has 5 nitrogen and oxygen atoms in total. The number of rotatable bonds is 7. The zero-order valence-corrected chi connectivity index (χ0v) is 14.6. The number of pyridine rings is 1. The van der Waals surface area contributed by atoms with Crippen molar-refractivity contribution in [3.63, 3.8) is 0 Å². The number of hydrogen-bond acceptors (Lipinski definition) is 4. The van der Waals surface area contributed by atoms with Gasteiger partial charge in [0.1, 0.15) is 5.82 Å². The van der Waals surface area contributed by atoms with E-state index in [2.05, 4.69) is 15.6 Å². The number of aromatic amines is 1. The van der Waals surface area contributed by atoms with Crippen molar-refractivity contribution in [2.45, 2.75) is 33.1 Å². The topological polar surface area (TPSA) is 80.8 Å². The molecule has 140 valence electrons. The molecule has 0 saturated heterocycles. The van der Waals surface area contributed by atoms with E-state index in [0.29, 0.717) is 34.8 Å². The van der Waals surface area contributed by atoms with Crippen LogP contribution in [0.25, 0.3) is 0 Å². The zero-order valence-electron chi connectivity index (χ0n) is 14.6. The lowest BCUT2D eigenvalue weighted by molar-refractivity contribution is -0.137. The quantitative estimate of drug-likeness (QED) is 0.566. The molecule has 0 aliphatic carbocycles. The molecular weight excluding hydrogens is 345 g/mol. The Hall–Kier alpha value is -2.61. The predicted molar refractivity (Wildman–Crippen MR) is 95.7 cm³/mol. The van der Waals surface area contributed by atoms with Gasteiger partial charge in [0.25, 0.3) is 5.56 Å². The molecule has 0 aliphatic rings. The van der Waals surface area contributed by atoms with Gasteiger partial charge in [0.15, 0.2) is 0 Å². The second-order valence-corrected chi connectivity index (χ2v) is 5.87. The van der Waals surface area contributed by atoms with Crippen molar-refractivity contribution >= 4 is 11.5 Å². The molecule has 4 N–H and O–H groups in total.